The van der Waals surface area contributed by atoms with Crippen molar-refractivity contribution in [3.05, 3.63) is 33.4 Å². The van der Waals surface area contributed by atoms with Gasteiger partial charge in [0.05, 0.1) is 5.56 Å². The molecule has 1 N–H and O–H groups in total. The molecule has 1 amide bonds. The summed E-state index contributed by atoms with van der Waals surface area (Å²) in [5.41, 5.74) is 0.784. The minimum Gasteiger partial charge on any atom is -0.349 e. The van der Waals surface area contributed by atoms with Gasteiger partial charge in [-0.3, -0.25) is 4.79 Å². The van der Waals surface area contributed by atoms with Gasteiger partial charge in [0.15, 0.2) is 0 Å². The van der Waals surface area contributed by atoms with Crippen LogP contribution in [0.2, 0.25) is 0 Å². The summed E-state index contributed by atoms with van der Waals surface area (Å²) in [5, 5.41) is 3.13. The van der Waals surface area contributed by atoms with Gasteiger partial charge in [-0.05, 0) is 67.7 Å². The zero-order valence-electron chi connectivity index (χ0n) is 9.95. The van der Waals surface area contributed by atoms with E-state index in [1.54, 1.807) is 0 Å². The van der Waals surface area contributed by atoms with Gasteiger partial charge in [0.1, 0.15) is 0 Å². The maximum absolute atomic E-state index is 12.1. The number of carbonyl (C=O) groups is 1. The maximum atomic E-state index is 12.1. The predicted octanol–water partition coefficient (Wildman–Crippen LogP) is 2.12. The highest BCUT2D eigenvalue weighted by Gasteiger charge is 2.19. The Labute approximate surface area is 116 Å². The molecule has 3 nitrogen and oxygen atoms in total. The normalized spacial score (nSPS) is 18.0. The van der Waals surface area contributed by atoms with E-state index >= 15 is 0 Å². The Kier molecular flexibility index (Phi) is 4.39. The molecule has 0 saturated carbocycles. The predicted molar refractivity (Wildman–Crippen MR) is 77.1 cm³/mol. The average Bonchev–Trinajstić information content (AvgIpc) is 2.32. The van der Waals surface area contributed by atoms with E-state index in [4.69, 9.17) is 0 Å². The van der Waals surface area contributed by atoms with E-state index in [9.17, 15) is 4.79 Å². The largest absolute Gasteiger partial charge is 0.349 e. The lowest BCUT2D eigenvalue weighted by atomic mass is 10.0. The maximum Gasteiger partial charge on any atom is 0.252 e. The quantitative estimate of drug-likeness (QED) is 0.834. The third-order valence-corrected chi connectivity index (χ3v) is 4.11. The molecule has 1 aliphatic rings. The zero-order valence-corrected chi connectivity index (χ0v) is 12.1. The SMILES string of the molecule is CN1CCC(NC(=O)c2ccccc2I)CC1. The van der Waals surface area contributed by atoms with Gasteiger partial charge < -0.3 is 10.2 Å². The first-order valence-corrected chi connectivity index (χ1v) is 6.98. The molecule has 0 aromatic heterocycles. The number of hydrogen-bond donors (Lipinski definition) is 1. The number of nitrogens with one attached hydrogen (secondary N) is 1. The van der Waals surface area contributed by atoms with Gasteiger partial charge in [-0.15, -0.1) is 0 Å². The molecule has 1 aromatic carbocycles. The molecular formula is C13H17IN2O. The Bertz CT molecular complexity index is 400. The minimum absolute atomic E-state index is 0.0598. The van der Waals surface area contributed by atoms with Crippen molar-refractivity contribution in [2.75, 3.05) is 20.1 Å². The third kappa shape index (κ3) is 3.42. The summed E-state index contributed by atoms with van der Waals surface area (Å²) in [6.07, 6.45) is 2.09. The summed E-state index contributed by atoms with van der Waals surface area (Å²) >= 11 is 2.20. The van der Waals surface area contributed by atoms with Crippen LogP contribution in [0.1, 0.15) is 23.2 Å². The van der Waals surface area contributed by atoms with Crippen LogP contribution in [-0.4, -0.2) is 37.0 Å². The van der Waals surface area contributed by atoms with Crippen molar-refractivity contribution in [2.45, 2.75) is 18.9 Å². The van der Waals surface area contributed by atoms with E-state index in [2.05, 4.69) is 39.9 Å². The molecule has 0 unspecified atom stereocenters. The molecular weight excluding hydrogens is 327 g/mol. The van der Waals surface area contributed by atoms with Crippen molar-refractivity contribution in [3.8, 4) is 0 Å². The number of halogens is 1. The van der Waals surface area contributed by atoms with E-state index in [1.165, 1.54) is 0 Å². The van der Waals surface area contributed by atoms with Gasteiger partial charge in [-0.25, -0.2) is 0 Å². The molecule has 2 rings (SSSR count). The second-order valence-corrected chi connectivity index (χ2v) is 5.69. The molecule has 0 spiro atoms. The topological polar surface area (TPSA) is 32.3 Å². The summed E-state index contributed by atoms with van der Waals surface area (Å²) in [7, 11) is 2.12. The molecule has 0 atom stereocenters. The Hall–Kier alpha value is -0.620. The van der Waals surface area contributed by atoms with Gasteiger partial charge in [0.2, 0.25) is 0 Å². The van der Waals surface area contributed by atoms with E-state index in [-0.39, 0.29) is 5.91 Å². The van der Waals surface area contributed by atoms with Crippen LogP contribution in [0.5, 0.6) is 0 Å². The van der Waals surface area contributed by atoms with Gasteiger partial charge in [0, 0.05) is 9.61 Å². The minimum atomic E-state index is 0.0598. The monoisotopic (exact) mass is 344 g/mol. The number of benzene rings is 1. The highest BCUT2D eigenvalue weighted by molar-refractivity contribution is 14.1. The lowest BCUT2D eigenvalue weighted by molar-refractivity contribution is 0.0916. The summed E-state index contributed by atoms with van der Waals surface area (Å²) in [4.78, 5) is 14.4. The molecule has 1 saturated heterocycles. The van der Waals surface area contributed by atoms with Gasteiger partial charge in [0.25, 0.3) is 5.91 Å². The van der Waals surface area contributed by atoms with Gasteiger partial charge >= 0.3 is 0 Å². The number of hydrogen-bond acceptors (Lipinski definition) is 2. The second-order valence-electron chi connectivity index (χ2n) is 4.53. The molecule has 4 heteroatoms. The molecule has 1 heterocycles. The zero-order chi connectivity index (χ0) is 12.3. The summed E-state index contributed by atoms with van der Waals surface area (Å²) < 4.78 is 1.01. The summed E-state index contributed by atoms with van der Waals surface area (Å²) in [6.45, 7) is 2.13. The average molecular weight is 344 g/mol. The van der Waals surface area contributed by atoms with E-state index in [0.29, 0.717) is 6.04 Å². The van der Waals surface area contributed by atoms with Crippen LogP contribution in [0.25, 0.3) is 0 Å². The fourth-order valence-corrected chi connectivity index (χ4v) is 2.69. The Morgan fingerprint density at radius 3 is 2.65 bits per heavy atom. The first kappa shape index (κ1) is 12.8. The van der Waals surface area contributed by atoms with Crippen LogP contribution in [0.4, 0.5) is 0 Å². The summed E-state index contributed by atoms with van der Waals surface area (Å²) in [5.74, 6) is 0.0598. The second kappa shape index (κ2) is 5.82. The van der Waals surface area contributed by atoms with Crippen LogP contribution < -0.4 is 5.32 Å². The number of carbonyl (C=O) groups excluding carboxylic acids is 1. The number of likely N-dealkylation sites (tertiary alicyclic amines) is 1. The van der Waals surface area contributed by atoms with E-state index < -0.39 is 0 Å². The number of piperidine rings is 1. The molecule has 0 aliphatic carbocycles. The fourth-order valence-electron chi connectivity index (χ4n) is 2.06. The Morgan fingerprint density at radius 1 is 1.35 bits per heavy atom. The van der Waals surface area contributed by atoms with Crippen molar-refractivity contribution in [2.24, 2.45) is 0 Å². The molecule has 1 aliphatic heterocycles. The third-order valence-electron chi connectivity index (χ3n) is 3.17. The van der Waals surface area contributed by atoms with Crippen LogP contribution in [0, 0.1) is 3.57 Å². The number of nitrogens with zero attached hydrogens (tertiary/aromatic N) is 1. The van der Waals surface area contributed by atoms with Crippen molar-refractivity contribution in [1.82, 2.24) is 10.2 Å². The molecule has 0 bridgehead atoms. The smallest absolute Gasteiger partial charge is 0.252 e. The van der Waals surface area contributed by atoms with Crippen molar-refractivity contribution < 1.29 is 4.79 Å². The summed E-state index contributed by atoms with van der Waals surface area (Å²) in [6, 6.07) is 8.03. The standard InChI is InChI=1S/C13H17IN2O/c1-16-8-6-10(7-9-16)15-13(17)11-4-2-3-5-12(11)14/h2-5,10H,6-9H2,1H3,(H,15,17). The molecule has 0 radical (unpaired) electrons. The van der Waals surface area contributed by atoms with Crippen molar-refractivity contribution in [3.63, 3.8) is 0 Å². The van der Waals surface area contributed by atoms with Crippen LogP contribution in [-0.2, 0) is 0 Å². The molecule has 1 aromatic rings. The van der Waals surface area contributed by atoms with Crippen molar-refractivity contribution in [1.29, 1.82) is 0 Å². The van der Waals surface area contributed by atoms with Crippen LogP contribution >= 0.6 is 22.6 Å². The van der Waals surface area contributed by atoms with Crippen LogP contribution in [0.15, 0.2) is 24.3 Å². The van der Waals surface area contributed by atoms with Crippen LogP contribution in [0.3, 0.4) is 0 Å². The van der Waals surface area contributed by atoms with Gasteiger partial charge in [-0.2, -0.15) is 0 Å². The first-order chi connectivity index (χ1) is 8.16. The highest BCUT2D eigenvalue weighted by atomic mass is 127. The molecule has 92 valence electrons. The lowest BCUT2D eigenvalue weighted by Gasteiger charge is -2.29. The van der Waals surface area contributed by atoms with Crippen molar-refractivity contribution >= 4 is 28.5 Å². The number of amides is 1. The highest BCUT2D eigenvalue weighted by Crippen LogP contribution is 2.13. The Morgan fingerprint density at radius 2 is 2.00 bits per heavy atom. The fraction of sp³-hybridized carbons (Fsp3) is 0.462. The lowest BCUT2D eigenvalue weighted by Crippen LogP contribution is -2.43. The molecule has 1 fully saturated rings. The van der Waals surface area contributed by atoms with Gasteiger partial charge in [-0.1, -0.05) is 12.1 Å². The first-order valence-electron chi connectivity index (χ1n) is 5.91. The number of rotatable bonds is 2. The Balaban J connectivity index is 1.96. The molecule has 17 heavy (non-hydrogen) atoms. The van der Waals surface area contributed by atoms with E-state index in [0.717, 1.165) is 35.1 Å². The van der Waals surface area contributed by atoms with E-state index in [1.807, 2.05) is 24.3 Å².